The lowest BCUT2D eigenvalue weighted by molar-refractivity contribution is 0.163. The van der Waals surface area contributed by atoms with Crippen molar-refractivity contribution >= 4 is 83.6 Å². The molecule has 0 atom stereocenters. The van der Waals surface area contributed by atoms with Gasteiger partial charge in [0.05, 0.1) is 0 Å². The minimum Gasteiger partial charge on any atom is -0.413 e. The van der Waals surface area contributed by atoms with Gasteiger partial charge in [-0.15, -0.1) is 0 Å². The average molecular weight is 794 g/mol. The first kappa shape index (κ1) is 41.5. The van der Waals surface area contributed by atoms with E-state index < -0.39 is 68.0 Å². The molecule has 0 unspecified atom stereocenters. The van der Waals surface area contributed by atoms with Crippen LogP contribution in [0.25, 0.3) is 0 Å². The van der Waals surface area contributed by atoms with Crippen LogP contribution in [0.4, 0.5) is 0 Å². The van der Waals surface area contributed by atoms with Crippen molar-refractivity contribution in [3.63, 3.8) is 0 Å². The second-order valence-corrected chi connectivity index (χ2v) is 49.0. The Bertz CT molecular complexity index is 1320. The highest BCUT2D eigenvalue weighted by Gasteiger charge is 2.65. The van der Waals surface area contributed by atoms with Gasteiger partial charge in [0.2, 0.25) is 0 Å². The molecule has 3 aromatic rings. The number of hydrogen-bond donors (Lipinski definition) is 0. The van der Waals surface area contributed by atoms with Crippen molar-refractivity contribution in [1.82, 2.24) is 0 Å². The molecule has 3 aromatic carbocycles. The predicted octanol–water partition coefficient (Wildman–Crippen LogP) is 7.82. The Morgan fingerprint density at radius 1 is 0.250 bits per heavy atom. The van der Waals surface area contributed by atoms with Crippen molar-refractivity contribution in [2.45, 2.75) is 98.2 Å². The highest BCUT2D eigenvalue weighted by atomic mass is 28.6. The summed E-state index contributed by atoms with van der Waals surface area (Å²) in [5.41, 5.74) is 0. The molecule has 0 amide bonds. The largest absolute Gasteiger partial charge is 0.512 e. The summed E-state index contributed by atoms with van der Waals surface area (Å²) in [6.07, 6.45) is 0. The van der Waals surface area contributed by atoms with Crippen molar-refractivity contribution < 1.29 is 28.8 Å². The van der Waals surface area contributed by atoms with Gasteiger partial charge >= 0.3 is 26.4 Å². The SMILES string of the molecule is C[Si](C)(C)O[Si](O[Si](C)(C)C)(O[Si](O[Si](C)(C)C)(O[Si](O[Si](C)(C)C)(O[Si](C)(C)C)c1ccccc1)c1ccccc1)c1ccccc1. The third kappa shape index (κ3) is 12.7. The van der Waals surface area contributed by atoms with Crippen LogP contribution < -0.4 is 15.6 Å². The average Bonchev–Trinajstić information content (AvgIpc) is 2.90. The van der Waals surface area contributed by atoms with Gasteiger partial charge in [-0.25, -0.2) is 0 Å². The fourth-order valence-electron chi connectivity index (χ4n) is 5.01. The summed E-state index contributed by atoms with van der Waals surface area (Å²) < 4.78 is 52.4. The van der Waals surface area contributed by atoms with Crippen LogP contribution >= 0.6 is 0 Å². The van der Waals surface area contributed by atoms with Crippen LogP contribution in [0.15, 0.2) is 91.0 Å². The molecule has 48 heavy (non-hydrogen) atoms. The zero-order valence-electron chi connectivity index (χ0n) is 32.0. The smallest absolute Gasteiger partial charge is 0.413 e. The Kier molecular flexibility index (Phi) is 13.3. The Morgan fingerprint density at radius 2 is 0.417 bits per heavy atom. The lowest BCUT2D eigenvalue weighted by Gasteiger charge is -2.49. The second kappa shape index (κ2) is 15.4. The summed E-state index contributed by atoms with van der Waals surface area (Å²) in [6, 6.07) is 30.6. The fraction of sp³-hybridized carbons (Fsp3) is 0.455. The molecule has 0 heterocycles. The second-order valence-electron chi connectivity index (χ2n) is 17.0. The van der Waals surface area contributed by atoms with Crippen molar-refractivity contribution in [3.05, 3.63) is 91.0 Å². The van der Waals surface area contributed by atoms with E-state index >= 15 is 0 Å². The Balaban J connectivity index is 2.56. The molecule has 7 nitrogen and oxygen atoms in total. The molecule has 0 radical (unpaired) electrons. The molecule has 0 bridgehead atoms. The molecule has 0 aliphatic carbocycles. The molecule has 0 fully saturated rings. The van der Waals surface area contributed by atoms with Gasteiger partial charge in [0, 0.05) is 15.6 Å². The van der Waals surface area contributed by atoms with Gasteiger partial charge in [-0.3, -0.25) is 0 Å². The Hall–Kier alpha value is -0.885. The molecule has 0 saturated heterocycles. The topological polar surface area (TPSA) is 64.6 Å². The standard InChI is InChI=1S/C33H60O7Si8/c1-41(2,3)34-46(35-42(4,5)6,31-25-19-16-20-26-31)39-48(38-45(13,14)15,33-29-23-18-24-30-33)40-47(36-43(7,8)9,37-44(10,11)12)32-27-21-17-22-28-32/h16-30H,1-15H3. The van der Waals surface area contributed by atoms with E-state index in [4.69, 9.17) is 28.8 Å². The summed E-state index contributed by atoms with van der Waals surface area (Å²) in [7, 11) is -23.3. The van der Waals surface area contributed by atoms with Crippen molar-refractivity contribution in [3.8, 4) is 0 Å². The zero-order valence-corrected chi connectivity index (χ0v) is 40.0. The maximum Gasteiger partial charge on any atom is 0.512 e. The lowest BCUT2D eigenvalue weighted by Crippen LogP contribution is -2.78. The first-order chi connectivity index (χ1) is 21.8. The molecule has 0 saturated carbocycles. The molecule has 3 rings (SSSR count). The number of benzene rings is 3. The quantitative estimate of drug-likeness (QED) is 0.129. The summed E-state index contributed by atoms with van der Waals surface area (Å²) in [5.74, 6) is 0. The van der Waals surface area contributed by atoms with Crippen LogP contribution in [0, 0.1) is 0 Å². The van der Waals surface area contributed by atoms with Crippen LogP contribution in [0.1, 0.15) is 0 Å². The van der Waals surface area contributed by atoms with E-state index in [0.29, 0.717) is 0 Å². The first-order valence-corrected chi connectivity index (χ1v) is 39.1. The van der Waals surface area contributed by atoms with Crippen molar-refractivity contribution in [2.24, 2.45) is 0 Å². The highest BCUT2D eigenvalue weighted by Crippen LogP contribution is 2.33. The van der Waals surface area contributed by atoms with Crippen molar-refractivity contribution in [2.75, 3.05) is 0 Å². The molecule has 0 aliphatic heterocycles. The lowest BCUT2D eigenvalue weighted by atomic mass is 10.4. The monoisotopic (exact) mass is 792 g/mol. The molecular formula is C33H60O7Si8. The molecule has 266 valence electrons. The van der Waals surface area contributed by atoms with Gasteiger partial charge in [-0.05, 0) is 98.2 Å². The van der Waals surface area contributed by atoms with Gasteiger partial charge in [-0.1, -0.05) is 91.0 Å². The fourth-order valence-corrected chi connectivity index (χ4v) is 34.9. The third-order valence-electron chi connectivity index (χ3n) is 6.12. The van der Waals surface area contributed by atoms with Gasteiger partial charge in [0.1, 0.15) is 0 Å². The van der Waals surface area contributed by atoms with E-state index in [-0.39, 0.29) is 0 Å². The van der Waals surface area contributed by atoms with E-state index in [1.807, 2.05) is 54.6 Å². The van der Waals surface area contributed by atoms with E-state index in [1.165, 1.54) is 0 Å². The third-order valence-corrected chi connectivity index (χ3v) is 31.2. The minimum atomic E-state index is -4.07. The normalized spacial score (nSPS) is 14.3. The van der Waals surface area contributed by atoms with Crippen LogP contribution in [-0.4, -0.2) is 68.0 Å². The van der Waals surface area contributed by atoms with E-state index in [2.05, 4.69) is 135 Å². The van der Waals surface area contributed by atoms with Crippen LogP contribution in [0.5, 0.6) is 0 Å². The number of hydrogen-bond acceptors (Lipinski definition) is 7. The van der Waals surface area contributed by atoms with E-state index in [9.17, 15) is 0 Å². The molecule has 0 N–H and O–H groups in total. The van der Waals surface area contributed by atoms with Gasteiger partial charge in [0.15, 0.2) is 41.6 Å². The summed E-state index contributed by atoms with van der Waals surface area (Å²) in [4.78, 5) is 0. The van der Waals surface area contributed by atoms with Gasteiger partial charge < -0.3 is 28.8 Å². The molecule has 0 aliphatic rings. The van der Waals surface area contributed by atoms with Crippen molar-refractivity contribution in [1.29, 1.82) is 0 Å². The molecular weight excluding hydrogens is 733 g/mol. The van der Waals surface area contributed by atoms with E-state index in [0.717, 1.165) is 15.6 Å². The van der Waals surface area contributed by atoms with Gasteiger partial charge in [0.25, 0.3) is 0 Å². The van der Waals surface area contributed by atoms with Crippen LogP contribution in [0.3, 0.4) is 0 Å². The van der Waals surface area contributed by atoms with Crippen LogP contribution in [0.2, 0.25) is 98.2 Å². The highest BCUT2D eigenvalue weighted by molar-refractivity contribution is 7.02. The molecule has 15 heteroatoms. The summed E-state index contributed by atoms with van der Waals surface area (Å²) in [6.45, 7) is 32.8. The maximum atomic E-state index is 7.83. The Labute approximate surface area is 300 Å². The maximum absolute atomic E-state index is 7.83. The zero-order chi connectivity index (χ0) is 36.3. The predicted molar refractivity (Wildman–Crippen MR) is 220 cm³/mol. The van der Waals surface area contributed by atoms with Gasteiger partial charge in [-0.2, -0.15) is 0 Å². The molecule has 0 aromatic heterocycles. The van der Waals surface area contributed by atoms with Crippen LogP contribution in [-0.2, 0) is 28.8 Å². The minimum absolute atomic E-state index is 0.838. The summed E-state index contributed by atoms with van der Waals surface area (Å²) in [5, 5.41) is 2.63. The Morgan fingerprint density at radius 3 is 0.583 bits per heavy atom. The van der Waals surface area contributed by atoms with E-state index in [1.54, 1.807) is 0 Å². The number of rotatable bonds is 17. The summed E-state index contributed by atoms with van der Waals surface area (Å²) >= 11 is 0. The molecule has 0 spiro atoms. The first-order valence-electron chi connectivity index (χ1n) is 16.8.